The summed E-state index contributed by atoms with van der Waals surface area (Å²) >= 11 is 3.12. The van der Waals surface area contributed by atoms with Crippen molar-refractivity contribution in [1.82, 2.24) is 0 Å². The zero-order valence-corrected chi connectivity index (χ0v) is 13.0. The molecule has 0 saturated heterocycles. The first-order valence-electron chi connectivity index (χ1n) is 6.51. The summed E-state index contributed by atoms with van der Waals surface area (Å²) in [5.74, 6) is -0.659. The second kappa shape index (κ2) is 5.58. The number of aryl methyl sites for hydroxylation is 1. The summed E-state index contributed by atoms with van der Waals surface area (Å²) in [6, 6.07) is 8.43. The van der Waals surface area contributed by atoms with Gasteiger partial charge in [-0.3, -0.25) is 4.79 Å². The van der Waals surface area contributed by atoms with Gasteiger partial charge in [-0.2, -0.15) is 0 Å². The molecule has 0 aromatic heterocycles. The summed E-state index contributed by atoms with van der Waals surface area (Å²) in [5, 5.41) is 2.75. The molecule has 0 spiro atoms. The molecule has 0 aliphatic carbocycles. The van der Waals surface area contributed by atoms with Crippen LogP contribution in [-0.2, 0) is 18.0 Å². The van der Waals surface area contributed by atoms with Crippen LogP contribution in [0.2, 0.25) is 0 Å². The Morgan fingerprint density at radius 2 is 2.00 bits per heavy atom. The molecule has 3 nitrogen and oxygen atoms in total. The highest BCUT2D eigenvalue weighted by Gasteiger charge is 2.15. The first kappa shape index (κ1) is 14.2. The van der Waals surface area contributed by atoms with E-state index in [0.717, 1.165) is 16.7 Å². The first-order chi connectivity index (χ1) is 10.0. The Bertz CT molecular complexity index is 730. The third-order valence-electron chi connectivity index (χ3n) is 3.50. The number of halogens is 2. The van der Waals surface area contributed by atoms with Crippen molar-refractivity contribution in [2.75, 3.05) is 5.32 Å². The van der Waals surface area contributed by atoms with Crippen LogP contribution >= 0.6 is 15.9 Å². The van der Waals surface area contributed by atoms with Crippen molar-refractivity contribution in [3.63, 3.8) is 0 Å². The Kier molecular flexibility index (Phi) is 3.78. The van der Waals surface area contributed by atoms with Crippen molar-refractivity contribution in [3.05, 3.63) is 62.9 Å². The highest BCUT2D eigenvalue weighted by atomic mass is 79.9. The maximum atomic E-state index is 13.6. The molecule has 1 amide bonds. The van der Waals surface area contributed by atoms with Gasteiger partial charge in [-0.05, 0) is 63.8 Å². The van der Waals surface area contributed by atoms with Gasteiger partial charge in [0, 0.05) is 11.3 Å². The van der Waals surface area contributed by atoms with Crippen LogP contribution in [0, 0.1) is 12.7 Å². The van der Waals surface area contributed by atoms with E-state index < -0.39 is 5.82 Å². The molecule has 0 radical (unpaired) electrons. The lowest BCUT2D eigenvalue weighted by atomic mass is 10.1. The lowest BCUT2D eigenvalue weighted by molar-refractivity contribution is 0.102. The Morgan fingerprint density at radius 1 is 1.24 bits per heavy atom. The van der Waals surface area contributed by atoms with E-state index in [1.165, 1.54) is 6.07 Å². The minimum atomic E-state index is -0.404. The van der Waals surface area contributed by atoms with Gasteiger partial charge in [0.1, 0.15) is 5.82 Å². The van der Waals surface area contributed by atoms with Crippen LogP contribution in [0.3, 0.4) is 0 Å². The molecular formula is C16H13BrFNO2. The van der Waals surface area contributed by atoms with Crippen LogP contribution in [0.25, 0.3) is 0 Å². The van der Waals surface area contributed by atoms with Gasteiger partial charge in [0.25, 0.3) is 5.91 Å². The van der Waals surface area contributed by atoms with Crippen molar-refractivity contribution in [2.45, 2.75) is 20.1 Å². The SMILES string of the molecule is Cc1cc(Br)c(F)cc1NC(=O)c1ccc2c(c1)COC2. The maximum absolute atomic E-state index is 13.6. The van der Waals surface area contributed by atoms with E-state index in [-0.39, 0.29) is 5.91 Å². The minimum absolute atomic E-state index is 0.255. The molecule has 108 valence electrons. The number of anilines is 1. The molecule has 0 saturated carbocycles. The van der Waals surface area contributed by atoms with E-state index in [0.29, 0.717) is 28.9 Å². The first-order valence-corrected chi connectivity index (χ1v) is 7.30. The number of carbonyl (C=O) groups excluding carboxylic acids is 1. The van der Waals surface area contributed by atoms with Gasteiger partial charge < -0.3 is 10.1 Å². The molecule has 0 fully saturated rings. The lowest BCUT2D eigenvalue weighted by Gasteiger charge is -2.10. The molecular weight excluding hydrogens is 337 g/mol. The van der Waals surface area contributed by atoms with E-state index >= 15 is 0 Å². The normalized spacial score (nSPS) is 13.1. The van der Waals surface area contributed by atoms with Crippen molar-refractivity contribution in [2.24, 2.45) is 0 Å². The molecule has 5 heteroatoms. The smallest absolute Gasteiger partial charge is 0.255 e. The Morgan fingerprint density at radius 3 is 2.81 bits per heavy atom. The van der Waals surface area contributed by atoms with Gasteiger partial charge in [0.15, 0.2) is 0 Å². The van der Waals surface area contributed by atoms with Crippen molar-refractivity contribution >= 4 is 27.5 Å². The largest absolute Gasteiger partial charge is 0.372 e. The van der Waals surface area contributed by atoms with Gasteiger partial charge in [-0.25, -0.2) is 4.39 Å². The van der Waals surface area contributed by atoms with E-state index in [1.54, 1.807) is 12.1 Å². The molecule has 1 heterocycles. The number of nitrogens with one attached hydrogen (secondary N) is 1. The number of ether oxygens (including phenoxy) is 1. The number of hydrogen-bond acceptors (Lipinski definition) is 2. The summed E-state index contributed by atoms with van der Waals surface area (Å²) in [4.78, 5) is 12.3. The number of hydrogen-bond donors (Lipinski definition) is 1. The summed E-state index contributed by atoms with van der Waals surface area (Å²) in [7, 11) is 0. The quantitative estimate of drug-likeness (QED) is 0.883. The van der Waals surface area contributed by atoms with E-state index in [9.17, 15) is 9.18 Å². The Labute approximate surface area is 130 Å². The summed E-state index contributed by atoms with van der Waals surface area (Å²) in [5.41, 5.74) is 3.94. The molecule has 2 aromatic carbocycles. The third-order valence-corrected chi connectivity index (χ3v) is 4.11. The molecule has 0 atom stereocenters. The zero-order chi connectivity index (χ0) is 15.0. The summed E-state index contributed by atoms with van der Waals surface area (Å²) in [6.07, 6.45) is 0. The van der Waals surface area contributed by atoms with Crippen molar-refractivity contribution in [3.8, 4) is 0 Å². The topological polar surface area (TPSA) is 38.3 Å². The zero-order valence-electron chi connectivity index (χ0n) is 11.4. The number of amides is 1. The standard InChI is InChI=1S/C16H13BrFNO2/c1-9-4-13(17)14(18)6-15(9)19-16(20)10-2-3-11-7-21-8-12(11)5-10/h2-6H,7-8H2,1H3,(H,19,20). The van der Waals surface area contributed by atoms with Gasteiger partial charge in [0.2, 0.25) is 0 Å². The predicted molar refractivity (Wildman–Crippen MR) is 81.7 cm³/mol. The second-order valence-electron chi connectivity index (χ2n) is 5.01. The average Bonchev–Trinajstić information content (AvgIpc) is 2.92. The van der Waals surface area contributed by atoms with Crippen LogP contribution in [0.4, 0.5) is 10.1 Å². The maximum Gasteiger partial charge on any atom is 0.255 e. The van der Waals surface area contributed by atoms with Crippen LogP contribution in [0.5, 0.6) is 0 Å². The van der Waals surface area contributed by atoms with Crippen LogP contribution in [-0.4, -0.2) is 5.91 Å². The van der Waals surface area contributed by atoms with Gasteiger partial charge in [-0.1, -0.05) is 6.07 Å². The summed E-state index contributed by atoms with van der Waals surface area (Å²) in [6.45, 7) is 2.94. The molecule has 21 heavy (non-hydrogen) atoms. The molecule has 0 bridgehead atoms. The van der Waals surface area contributed by atoms with E-state index in [2.05, 4.69) is 21.2 Å². The Balaban J connectivity index is 1.85. The molecule has 0 unspecified atom stereocenters. The van der Waals surface area contributed by atoms with Crippen molar-refractivity contribution < 1.29 is 13.9 Å². The van der Waals surface area contributed by atoms with Crippen LogP contribution in [0.1, 0.15) is 27.0 Å². The van der Waals surface area contributed by atoms with Gasteiger partial charge >= 0.3 is 0 Å². The Hall–Kier alpha value is -1.72. The second-order valence-corrected chi connectivity index (χ2v) is 5.87. The monoisotopic (exact) mass is 349 g/mol. The highest BCUT2D eigenvalue weighted by molar-refractivity contribution is 9.10. The van der Waals surface area contributed by atoms with Gasteiger partial charge in [0.05, 0.1) is 17.7 Å². The highest BCUT2D eigenvalue weighted by Crippen LogP contribution is 2.25. The molecule has 3 rings (SSSR count). The average molecular weight is 350 g/mol. The number of rotatable bonds is 2. The molecule has 1 aliphatic heterocycles. The predicted octanol–water partition coefficient (Wildman–Crippen LogP) is 4.18. The van der Waals surface area contributed by atoms with Crippen LogP contribution < -0.4 is 5.32 Å². The van der Waals surface area contributed by atoms with E-state index in [4.69, 9.17) is 4.74 Å². The lowest BCUT2D eigenvalue weighted by Crippen LogP contribution is -2.13. The van der Waals surface area contributed by atoms with Crippen molar-refractivity contribution in [1.29, 1.82) is 0 Å². The van der Waals surface area contributed by atoms with Crippen LogP contribution in [0.15, 0.2) is 34.8 Å². The minimum Gasteiger partial charge on any atom is -0.372 e. The fourth-order valence-corrected chi connectivity index (χ4v) is 2.75. The molecule has 1 aliphatic rings. The molecule has 2 aromatic rings. The summed E-state index contributed by atoms with van der Waals surface area (Å²) < 4.78 is 19.3. The number of carbonyl (C=O) groups is 1. The fourth-order valence-electron chi connectivity index (χ4n) is 2.29. The van der Waals surface area contributed by atoms with Gasteiger partial charge in [-0.15, -0.1) is 0 Å². The van der Waals surface area contributed by atoms with E-state index in [1.807, 2.05) is 19.1 Å². The number of fused-ring (bicyclic) bond motifs is 1. The molecule has 1 N–H and O–H groups in total. The third kappa shape index (κ3) is 2.84. The number of benzene rings is 2. The fraction of sp³-hybridized carbons (Fsp3) is 0.188.